The van der Waals surface area contributed by atoms with E-state index < -0.39 is 0 Å². The SMILES string of the molecule is C=CC(=O)OC1C2OC3C1OC1(C)CCCC2C31. The number of carbonyl (C=O) groups excluding carboxylic acids is 1. The van der Waals surface area contributed by atoms with Gasteiger partial charge in [0.1, 0.15) is 12.2 Å². The zero-order chi connectivity index (χ0) is 12.5. The summed E-state index contributed by atoms with van der Waals surface area (Å²) in [6.07, 6.45) is 4.53. The van der Waals surface area contributed by atoms with E-state index in [1.807, 2.05) is 0 Å². The molecule has 1 saturated carbocycles. The van der Waals surface area contributed by atoms with Crippen molar-refractivity contribution in [3.8, 4) is 0 Å². The molecule has 3 heterocycles. The fraction of sp³-hybridized carbons (Fsp3) is 0.786. The van der Waals surface area contributed by atoms with Crippen LogP contribution >= 0.6 is 0 Å². The fourth-order valence-corrected chi connectivity index (χ4v) is 4.69. The quantitative estimate of drug-likeness (QED) is 0.549. The zero-order valence-electron chi connectivity index (χ0n) is 10.5. The number of rotatable bonds is 2. The van der Waals surface area contributed by atoms with Crippen molar-refractivity contribution in [2.24, 2.45) is 11.8 Å². The molecule has 3 saturated heterocycles. The molecule has 4 aliphatic rings. The molecule has 18 heavy (non-hydrogen) atoms. The van der Waals surface area contributed by atoms with E-state index in [4.69, 9.17) is 14.2 Å². The lowest BCUT2D eigenvalue weighted by atomic mass is 9.65. The first-order valence-electron chi connectivity index (χ1n) is 6.80. The van der Waals surface area contributed by atoms with Crippen molar-refractivity contribution in [2.45, 2.75) is 56.2 Å². The number of hydrogen-bond donors (Lipinski definition) is 0. The predicted molar refractivity (Wildman–Crippen MR) is 62.8 cm³/mol. The highest BCUT2D eigenvalue weighted by atomic mass is 16.6. The fourth-order valence-electron chi connectivity index (χ4n) is 4.69. The highest BCUT2D eigenvalue weighted by Crippen LogP contribution is 2.61. The summed E-state index contributed by atoms with van der Waals surface area (Å²) in [5.74, 6) is 0.623. The molecule has 4 rings (SSSR count). The van der Waals surface area contributed by atoms with Gasteiger partial charge in [-0.3, -0.25) is 0 Å². The number of hydrogen-bond acceptors (Lipinski definition) is 4. The average molecular weight is 250 g/mol. The molecule has 7 unspecified atom stereocenters. The van der Waals surface area contributed by atoms with Gasteiger partial charge in [0.25, 0.3) is 0 Å². The van der Waals surface area contributed by atoms with E-state index in [-0.39, 0.29) is 36.0 Å². The minimum atomic E-state index is -0.372. The second-order valence-corrected chi connectivity index (χ2v) is 6.15. The molecule has 98 valence electrons. The smallest absolute Gasteiger partial charge is 0.330 e. The molecule has 0 aromatic heterocycles. The standard InChI is InChI=1S/C14H18O4/c1-3-8(15)16-12-10-7-5-4-6-14(2)9(7)11(17-10)13(12)18-14/h3,7,9-13H,1,4-6H2,2H3. The largest absolute Gasteiger partial charge is 0.454 e. The Labute approximate surface area is 106 Å². The Morgan fingerprint density at radius 2 is 2.28 bits per heavy atom. The lowest BCUT2D eigenvalue weighted by Crippen LogP contribution is -2.47. The van der Waals surface area contributed by atoms with E-state index in [9.17, 15) is 4.79 Å². The maximum absolute atomic E-state index is 11.4. The molecule has 0 aromatic rings. The molecule has 3 aliphatic heterocycles. The maximum Gasteiger partial charge on any atom is 0.330 e. The van der Waals surface area contributed by atoms with Crippen molar-refractivity contribution in [2.75, 3.05) is 0 Å². The molecule has 0 aromatic carbocycles. The van der Waals surface area contributed by atoms with E-state index >= 15 is 0 Å². The second-order valence-electron chi connectivity index (χ2n) is 6.15. The third kappa shape index (κ3) is 1.16. The topological polar surface area (TPSA) is 44.8 Å². The van der Waals surface area contributed by atoms with Gasteiger partial charge in [0.2, 0.25) is 0 Å². The molecule has 4 fully saturated rings. The molecule has 4 nitrogen and oxygen atoms in total. The van der Waals surface area contributed by atoms with Crippen LogP contribution in [0.3, 0.4) is 0 Å². The van der Waals surface area contributed by atoms with E-state index in [1.54, 1.807) is 0 Å². The van der Waals surface area contributed by atoms with Gasteiger partial charge in [0.05, 0.1) is 11.7 Å². The van der Waals surface area contributed by atoms with Crippen molar-refractivity contribution in [1.82, 2.24) is 0 Å². The van der Waals surface area contributed by atoms with Gasteiger partial charge in [0.15, 0.2) is 6.10 Å². The lowest BCUT2D eigenvalue weighted by molar-refractivity contribution is -0.153. The predicted octanol–water partition coefficient (Wildman–Crippen LogP) is 1.44. The van der Waals surface area contributed by atoms with Crippen LogP contribution in [0, 0.1) is 11.8 Å². The van der Waals surface area contributed by atoms with Gasteiger partial charge < -0.3 is 14.2 Å². The monoisotopic (exact) mass is 250 g/mol. The summed E-state index contributed by atoms with van der Waals surface area (Å²) < 4.78 is 17.7. The summed E-state index contributed by atoms with van der Waals surface area (Å²) in [6.45, 7) is 5.64. The lowest BCUT2D eigenvalue weighted by Gasteiger charge is -2.38. The van der Waals surface area contributed by atoms with E-state index in [0.717, 1.165) is 6.42 Å². The third-order valence-electron chi connectivity index (χ3n) is 5.26. The van der Waals surface area contributed by atoms with Gasteiger partial charge in [-0.15, -0.1) is 0 Å². The van der Waals surface area contributed by atoms with Crippen LogP contribution in [-0.4, -0.2) is 36.0 Å². The second kappa shape index (κ2) is 3.36. The minimum Gasteiger partial charge on any atom is -0.454 e. The van der Waals surface area contributed by atoms with Gasteiger partial charge in [-0.2, -0.15) is 0 Å². The highest BCUT2D eigenvalue weighted by Gasteiger charge is 2.72. The third-order valence-corrected chi connectivity index (χ3v) is 5.26. The van der Waals surface area contributed by atoms with Crippen LogP contribution in [-0.2, 0) is 19.0 Å². The Morgan fingerprint density at radius 1 is 1.44 bits per heavy atom. The molecule has 0 spiro atoms. The molecule has 7 atom stereocenters. The Hall–Kier alpha value is -0.870. The molecular weight excluding hydrogens is 232 g/mol. The van der Waals surface area contributed by atoms with Gasteiger partial charge >= 0.3 is 5.97 Å². The molecule has 0 radical (unpaired) electrons. The van der Waals surface area contributed by atoms with Crippen molar-refractivity contribution in [1.29, 1.82) is 0 Å². The van der Waals surface area contributed by atoms with Gasteiger partial charge in [-0.1, -0.05) is 13.0 Å². The Bertz CT molecular complexity index is 418. The highest BCUT2D eigenvalue weighted by molar-refractivity contribution is 5.81. The van der Waals surface area contributed by atoms with Crippen LogP contribution in [0.2, 0.25) is 0 Å². The van der Waals surface area contributed by atoms with Crippen molar-refractivity contribution in [3.63, 3.8) is 0 Å². The molecule has 0 N–H and O–H groups in total. The van der Waals surface area contributed by atoms with Crippen LogP contribution in [0.25, 0.3) is 0 Å². The first-order chi connectivity index (χ1) is 8.64. The van der Waals surface area contributed by atoms with E-state index in [2.05, 4.69) is 13.5 Å². The Morgan fingerprint density at radius 3 is 3.06 bits per heavy atom. The van der Waals surface area contributed by atoms with Crippen molar-refractivity contribution in [3.05, 3.63) is 12.7 Å². The molecule has 0 amide bonds. The van der Waals surface area contributed by atoms with Crippen molar-refractivity contribution < 1.29 is 19.0 Å². The van der Waals surface area contributed by atoms with Crippen LogP contribution in [0.15, 0.2) is 12.7 Å². The number of ether oxygens (including phenoxy) is 3. The summed E-state index contributed by atoms with van der Waals surface area (Å²) in [6, 6.07) is 0. The minimum absolute atomic E-state index is 0.0380. The molecule has 2 bridgehead atoms. The van der Waals surface area contributed by atoms with Crippen LogP contribution < -0.4 is 0 Å². The van der Waals surface area contributed by atoms with Crippen LogP contribution in [0.4, 0.5) is 0 Å². The summed E-state index contributed by atoms with van der Waals surface area (Å²) >= 11 is 0. The summed E-state index contributed by atoms with van der Waals surface area (Å²) in [5, 5.41) is 0. The Balaban J connectivity index is 1.67. The maximum atomic E-state index is 11.4. The summed E-state index contributed by atoms with van der Waals surface area (Å²) in [5.41, 5.74) is -0.0671. The summed E-state index contributed by atoms with van der Waals surface area (Å²) in [4.78, 5) is 11.4. The molecular formula is C14H18O4. The first-order valence-corrected chi connectivity index (χ1v) is 6.80. The van der Waals surface area contributed by atoms with Crippen LogP contribution in [0.1, 0.15) is 26.2 Å². The first kappa shape index (κ1) is 11.0. The zero-order valence-corrected chi connectivity index (χ0v) is 10.5. The number of fused-ring (bicyclic) bond motifs is 2. The molecule has 1 aliphatic carbocycles. The van der Waals surface area contributed by atoms with Gasteiger partial charge in [-0.05, 0) is 25.7 Å². The molecule has 4 heteroatoms. The summed E-state index contributed by atoms with van der Waals surface area (Å²) in [7, 11) is 0. The van der Waals surface area contributed by atoms with Crippen LogP contribution in [0.5, 0.6) is 0 Å². The number of carbonyl (C=O) groups is 1. The van der Waals surface area contributed by atoms with Gasteiger partial charge in [-0.25, -0.2) is 4.79 Å². The van der Waals surface area contributed by atoms with Gasteiger partial charge in [0, 0.05) is 12.0 Å². The average Bonchev–Trinajstić information content (AvgIpc) is 2.95. The Kier molecular flexibility index (Phi) is 2.06. The normalized spacial score (nSPS) is 55.6. The number of esters is 1. The van der Waals surface area contributed by atoms with Crippen molar-refractivity contribution >= 4 is 5.97 Å². The van der Waals surface area contributed by atoms with E-state index in [0.29, 0.717) is 11.8 Å². The van der Waals surface area contributed by atoms with E-state index in [1.165, 1.54) is 18.9 Å².